The van der Waals surface area contributed by atoms with Gasteiger partial charge < -0.3 is 14.8 Å². The van der Waals surface area contributed by atoms with E-state index in [0.29, 0.717) is 19.1 Å². The first-order valence-corrected chi connectivity index (χ1v) is 8.58. The molecule has 1 N–H and O–H groups in total. The zero-order valence-corrected chi connectivity index (χ0v) is 14.4. The maximum atomic E-state index is 5.74. The van der Waals surface area contributed by atoms with Gasteiger partial charge in [-0.1, -0.05) is 32.0 Å². The highest BCUT2D eigenvalue weighted by Crippen LogP contribution is 2.36. The van der Waals surface area contributed by atoms with Crippen LogP contribution in [0.5, 0.6) is 11.5 Å². The number of aromatic nitrogens is 2. The van der Waals surface area contributed by atoms with E-state index in [-0.39, 0.29) is 6.04 Å². The molecule has 1 atom stereocenters. The van der Waals surface area contributed by atoms with E-state index < -0.39 is 0 Å². The number of ether oxygens (including phenoxy) is 2. The van der Waals surface area contributed by atoms with Crippen molar-refractivity contribution < 1.29 is 9.47 Å². The van der Waals surface area contributed by atoms with Crippen LogP contribution >= 0.6 is 0 Å². The summed E-state index contributed by atoms with van der Waals surface area (Å²) in [6.07, 6.45) is 1.60. The number of rotatable bonds is 4. The van der Waals surface area contributed by atoms with Crippen LogP contribution in [0.4, 0.5) is 5.82 Å². The number of hydrogen-bond donors (Lipinski definition) is 1. The summed E-state index contributed by atoms with van der Waals surface area (Å²) in [5.41, 5.74) is 2.09. The summed E-state index contributed by atoms with van der Waals surface area (Å²) in [6, 6.07) is 14.3. The Morgan fingerprint density at radius 2 is 1.76 bits per heavy atom. The standard InChI is InChI=1S/C20H21N3O2/c1-13(2)19(14-7-8-17-18(11-14)25-10-9-24-17)23-20-15-5-3-4-6-16(15)21-12-22-20/h3-8,11-13,19H,9-10H2,1-2H3,(H,21,22,23)/t19-/m1/s1. The lowest BCUT2D eigenvalue weighted by Gasteiger charge is -2.26. The number of para-hydroxylation sites is 1. The van der Waals surface area contributed by atoms with Gasteiger partial charge in [-0.15, -0.1) is 0 Å². The minimum Gasteiger partial charge on any atom is -0.486 e. The Hall–Kier alpha value is -2.82. The van der Waals surface area contributed by atoms with Crippen molar-refractivity contribution in [2.45, 2.75) is 19.9 Å². The summed E-state index contributed by atoms with van der Waals surface area (Å²) < 4.78 is 11.4. The lowest BCUT2D eigenvalue weighted by molar-refractivity contribution is 0.171. The lowest BCUT2D eigenvalue weighted by Crippen LogP contribution is -2.19. The second kappa shape index (κ2) is 6.59. The number of fused-ring (bicyclic) bond motifs is 2. The van der Waals surface area contributed by atoms with Crippen LogP contribution in [0.3, 0.4) is 0 Å². The molecule has 1 aliphatic heterocycles. The van der Waals surface area contributed by atoms with Gasteiger partial charge in [0.1, 0.15) is 25.4 Å². The molecule has 4 rings (SSSR count). The maximum absolute atomic E-state index is 5.74. The van der Waals surface area contributed by atoms with E-state index >= 15 is 0 Å². The molecule has 1 aliphatic rings. The highest BCUT2D eigenvalue weighted by molar-refractivity contribution is 5.88. The van der Waals surface area contributed by atoms with E-state index in [1.165, 1.54) is 0 Å². The molecule has 3 aromatic rings. The Kier molecular flexibility index (Phi) is 4.14. The number of hydrogen-bond acceptors (Lipinski definition) is 5. The molecular weight excluding hydrogens is 314 g/mol. The van der Waals surface area contributed by atoms with Crippen molar-refractivity contribution in [1.82, 2.24) is 9.97 Å². The van der Waals surface area contributed by atoms with Crippen LogP contribution in [0.15, 0.2) is 48.8 Å². The van der Waals surface area contributed by atoms with Crippen molar-refractivity contribution in [3.05, 3.63) is 54.4 Å². The average Bonchev–Trinajstić information content (AvgIpc) is 2.65. The smallest absolute Gasteiger partial charge is 0.161 e. The molecule has 25 heavy (non-hydrogen) atoms. The average molecular weight is 335 g/mol. The summed E-state index contributed by atoms with van der Waals surface area (Å²) >= 11 is 0. The Morgan fingerprint density at radius 3 is 2.60 bits per heavy atom. The van der Waals surface area contributed by atoms with E-state index in [4.69, 9.17) is 9.47 Å². The van der Waals surface area contributed by atoms with Crippen LogP contribution < -0.4 is 14.8 Å². The molecule has 0 saturated carbocycles. The molecule has 0 saturated heterocycles. The summed E-state index contributed by atoms with van der Waals surface area (Å²) in [7, 11) is 0. The molecule has 0 bridgehead atoms. The third-order valence-corrected chi connectivity index (χ3v) is 4.43. The lowest BCUT2D eigenvalue weighted by atomic mass is 9.95. The first kappa shape index (κ1) is 15.7. The quantitative estimate of drug-likeness (QED) is 0.774. The zero-order valence-electron chi connectivity index (χ0n) is 14.4. The van der Waals surface area contributed by atoms with E-state index in [1.807, 2.05) is 30.3 Å². The molecule has 0 aliphatic carbocycles. The second-order valence-electron chi connectivity index (χ2n) is 6.51. The first-order valence-electron chi connectivity index (χ1n) is 8.58. The van der Waals surface area contributed by atoms with E-state index in [1.54, 1.807) is 6.33 Å². The van der Waals surface area contributed by atoms with Gasteiger partial charge in [0, 0.05) is 5.39 Å². The molecule has 1 aromatic heterocycles. The number of benzene rings is 2. The third kappa shape index (κ3) is 3.09. The molecule has 5 nitrogen and oxygen atoms in total. The SMILES string of the molecule is CC(C)[C@@H](Nc1ncnc2ccccc12)c1ccc2c(c1)OCCO2. The predicted molar refractivity (Wildman–Crippen MR) is 98.2 cm³/mol. The Morgan fingerprint density at radius 1 is 0.960 bits per heavy atom. The van der Waals surface area contributed by atoms with Crippen molar-refractivity contribution >= 4 is 16.7 Å². The highest BCUT2D eigenvalue weighted by Gasteiger charge is 2.20. The van der Waals surface area contributed by atoms with Gasteiger partial charge in [0.15, 0.2) is 11.5 Å². The van der Waals surface area contributed by atoms with Crippen LogP contribution in [0.1, 0.15) is 25.5 Å². The van der Waals surface area contributed by atoms with Crippen molar-refractivity contribution in [1.29, 1.82) is 0 Å². The van der Waals surface area contributed by atoms with Crippen molar-refractivity contribution in [2.24, 2.45) is 5.92 Å². The molecular formula is C20H21N3O2. The number of nitrogens with one attached hydrogen (secondary N) is 1. The number of anilines is 1. The van der Waals surface area contributed by atoms with Crippen LogP contribution in [-0.2, 0) is 0 Å². The topological polar surface area (TPSA) is 56.3 Å². The Labute approximate surface area is 147 Å². The summed E-state index contributed by atoms with van der Waals surface area (Å²) in [4.78, 5) is 8.80. The van der Waals surface area contributed by atoms with Gasteiger partial charge in [0.2, 0.25) is 0 Å². The summed E-state index contributed by atoms with van der Waals surface area (Å²) in [5.74, 6) is 2.84. The molecule has 128 valence electrons. The normalized spacial score (nSPS) is 14.5. The monoisotopic (exact) mass is 335 g/mol. The van der Waals surface area contributed by atoms with Crippen LogP contribution in [-0.4, -0.2) is 23.2 Å². The van der Waals surface area contributed by atoms with Gasteiger partial charge in [0.05, 0.1) is 11.6 Å². The molecule has 0 spiro atoms. The second-order valence-corrected chi connectivity index (χ2v) is 6.51. The van der Waals surface area contributed by atoms with Crippen LogP contribution in [0.25, 0.3) is 10.9 Å². The first-order chi connectivity index (χ1) is 12.2. The van der Waals surface area contributed by atoms with E-state index in [9.17, 15) is 0 Å². The van der Waals surface area contributed by atoms with Crippen LogP contribution in [0.2, 0.25) is 0 Å². The van der Waals surface area contributed by atoms with Gasteiger partial charge in [-0.3, -0.25) is 0 Å². The van der Waals surface area contributed by atoms with Crippen molar-refractivity contribution in [2.75, 3.05) is 18.5 Å². The largest absolute Gasteiger partial charge is 0.486 e. The Balaban J connectivity index is 1.70. The molecule has 0 amide bonds. The minimum atomic E-state index is 0.106. The fourth-order valence-electron chi connectivity index (χ4n) is 3.16. The van der Waals surface area contributed by atoms with Gasteiger partial charge in [-0.25, -0.2) is 9.97 Å². The molecule has 2 heterocycles. The van der Waals surface area contributed by atoms with Gasteiger partial charge >= 0.3 is 0 Å². The minimum absolute atomic E-state index is 0.106. The fraction of sp³-hybridized carbons (Fsp3) is 0.300. The zero-order chi connectivity index (χ0) is 17.2. The maximum Gasteiger partial charge on any atom is 0.161 e. The summed E-state index contributed by atoms with van der Waals surface area (Å²) in [5, 5.41) is 4.62. The fourth-order valence-corrected chi connectivity index (χ4v) is 3.16. The molecule has 0 fully saturated rings. The molecule has 0 radical (unpaired) electrons. The van der Waals surface area contributed by atoms with Crippen molar-refractivity contribution in [3.8, 4) is 11.5 Å². The molecule has 5 heteroatoms. The Bertz CT molecular complexity index is 890. The van der Waals surface area contributed by atoms with Crippen molar-refractivity contribution in [3.63, 3.8) is 0 Å². The van der Waals surface area contributed by atoms with E-state index in [0.717, 1.165) is 33.8 Å². The van der Waals surface area contributed by atoms with Gasteiger partial charge in [-0.05, 0) is 35.7 Å². The van der Waals surface area contributed by atoms with Crippen LogP contribution in [0, 0.1) is 5.92 Å². The molecule has 2 aromatic carbocycles. The molecule has 0 unspecified atom stereocenters. The van der Waals surface area contributed by atoms with E-state index in [2.05, 4.69) is 41.3 Å². The van der Waals surface area contributed by atoms with Gasteiger partial charge in [-0.2, -0.15) is 0 Å². The predicted octanol–water partition coefficient (Wildman–Crippen LogP) is 4.21. The third-order valence-electron chi connectivity index (χ3n) is 4.43. The summed E-state index contributed by atoms with van der Waals surface area (Å²) in [6.45, 7) is 5.58. The van der Waals surface area contributed by atoms with Gasteiger partial charge in [0.25, 0.3) is 0 Å². The highest BCUT2D eigenvalue weighted by atomic mass is 16.6. The number of nitrogens with zero attached hydrogens (tertiary/aromatic N) is 2.